The molecule has 1 saturated carbocycles. The van der Waals surface area contributed by atoms with Crippen LogP contribution >= 0.6 is 11.6 Å². The Hall–Kier alpha value is -2.26. The van der Waals surface area contributed by atoms with Gasteiger partial charge in [0.1, 0.15) is 18.2 Å². The van der Waals surface area contributed by atoms with Gasteiger partial charge in [-0.15, -0.1) is 0 Å². The van der Waals surface area contributed by atoms with E-state index < -0.39 is 29.7 Å². The average molecular weight is 389 g/mol. The van der Waals surface area contributed by atoms with Crippen LogP contribution in [0.5, 0.6) is 0 Å². The summed E-state index contributed by atoms with van der Waals surface area (Å²) in [6.45, 7) is 3.37. The third-order valence-electron chi connectivity index (χ3n) is 4.12. The number of hydrazone groups is 1. The van der Waals surface area contributed by atoms with Crippen LogP contribution in [0.3, 0.4) is 0 Å². The number of hydrogen-bond donors (Lipinski definition) is 2. The molecule has 2 rings (SSSR count). The fraction of sp³-hybridized carbons (Fsp3) is 0.438. The Morgan fingerprint density at radius 2 is 2.23 bits per heavy atom. The molecule has 0 spiro atoms. The molecule has 1 unspecified atom stereocenters. The number of rotatable bonds is 8. The van der Waals surface area contributed by atoms with E-state index in [4.69, 9.17) is 21.5 Å². The zero-order chi connectivity index (χ0) is 19.5. The molecule has 0 heterocycles. The summed E-state index contributed by atoms with van der Waals surface area (Å²) in [4.78, 5) is 19.9. The highest BCUT2D eigenvalue weighted by Gasteiger charge is 2.51. The molecule has 10 heteroatoms. The Labute approximate surface area is 154 Å². The molecule has 1 fully saturated rings. The number of alkyl halides is 1. The topological polar surface area (TPSA) is 86.5 Å². The first kappa shape index (κ1) is 20.1. The number of aliphatic carboxylic acids is 1. The Bertz CT molecular complexity index is 738. The standard InChI is InChI=1S/C16H19ClF2N4O3/c1-15(19,23(21-3)9-13(24)25)26-22-14(20-2)16(6-7-16)11-5-4-10(18)8-12(11)17/h4-5,8H,3,6-7,9H2,1-2H3,(H,20,22)(H,24,25). The Kier molecular flexibility index (Phi) is 5.82. The fourth-order valence-electron chi connectivity index (χ4n) is 2.63. The lowest BCUT2D eigenvalue weighted by atomic mass is 9.94. The van der Waals surface area contributed by atoms with Gasteiger partial charge in [0.25, 0.3) is 0 Å². The van der Waals surface area contributed by atoms with Gasteiger partial charge in [0.15, 0.2) is 0 Å². The Balaban J connectivity index is 2.17. The second kappa shape index (κ2) is 7.55. The molecule has 1 atom stereocenters. The number of carbonyl (C=O) groups is 1. The first-order chi connectivity index (χ1) is 12.2. The molecule has 1 aliphatic carbocycles. The maximum atomic E-state index is 14.7. The molecule has 1 aromatic rings. The van der Waals surface area contributed by atoms with Crippen molar-refractivity contribution >= 4 is 30.1 Å². The van der Waals surface area contributed by atoms with Gasteiger partial charge in [-0.3, -0.25) is 9.79 Å². The molecule has 26 heavy (non-hydrogen) atoms. The summed E-state index contributed by atoms with van der Waals surface area (Å²) < 4.78 is 28.0. The van der Waals surface area contributed by atoms with Gasteiger partial charge in [-0.05, 0) is 30.5 Å². The molecule has 0 amide bonds. The SMILES string of the molecule is C=NN(CC(=O)O)C(C)(F)ONC(=NC)C1(c2ccc(F)cc2Cl)CC1. The Morgan fingerprint density at radius 3 is 2.69 bits per heavy atom. The number of halogens is 3. The van der Waals surface area contributed by atoms with Gasteiger partial charge in [0, 0.05) is 25.7 Å². The number of carboxylic acids is 1. The van der Waals surface area contributed by atoms with Crippen LogP contribution in [0.4, 0.5) is 8.78 Å². The van der Waals surface area contributed by atoms with Crippen molar-refractivity contribution in [3.63, 3.8) is 0 Å². The van der Waals surface area contributed by atoms with E-state index in [0.29, 0.717) is 23.4 Å². The van der Waals surface area contributed by atoms with Crippen molar-refractivity contribution in [2.45, 2.75) is 31.2 Å². The molecule has 142 valence electrons. The molecule has 2 N–H and O–H groups in total. The van der Waals surface area contributed by atoms with E-state index in [1.165, 1.54) is 19.2 Å². The van der Waals surface area contributed by atoms with E-state index in [-0.39, 0.29) is 10.9 Å². The number of amidine groups is 1. The molecule has 0 aliphatic heterocycles. The van der Waals surface area contributed by atoms with Crippen LogP contribution in [0.1, 0.15) is 25.3 Å². The van der Waals surface area contributed by atoms with E-state index in [9.17, 15) is 13.6 Å². The molecule has 7 nitrogen and oxygen atoms in total. The zero-order valence-electron chi connectivity index (χ0n) is 14.3. The minimum absolute atomic E-state index is 0.230. The molecule has 1 aliphatic rings. The smallest absolute Gasteiger partial charge is 0.325 e. The third kappa shape index (κ3) is 4.10. The number of hydrogen-bond acceptors (Lipinski definition) is 5. The van der Waals surface area contributed by atoms with Gasteiger partial charge in [-0.25, -0.2) is 19.7 Å². The largest absolute Gasteiger partial charge is 0.480 e. The van der Waals surface area contributed by atoms with Gasteiger partial charge < -0.3 is 5.11 Å². The van der Waals surface area contributed by atoms with E-state index in [2.05, 4.69) is 22.3 Å². The van der Waals surface area contributed by atoms with Gasteiger partial charge in [0.2, 0.25) is 0 Å². The third-order valence-corrected chi connectivity index (χ3v) is 4.44. The lowest BCUT2D eigenvalue weighted by molar-refractivity contribution is -0.253. The van der Waals surface area contributed by atoms with Crippen molar-refractivity contribution in [2.75, 3.05) is 13.6 Å². The van der Waals surface area contributed by atoms with Crippen molar-refractivity contribution in [1.29, 1.82) is 0 Å². The number of carboxylic acid groups (broad SMARTS) is 1. The summed E-state index contributed by atoms with van der Waals surface area (Å²) in [7, 11) is 1.49. The van der Waals surface area contributed by atoms with Crippen molar-refractivity contribution < 1.29 is 23.5 Å². The lowest BCUT2D eigenvalue weighted by Crippen LogP contribution is -2.49. The first-order valence-electron chi connectivity index (χ1n) is 7.68. The maximum Gasteiger partial charge on any atom is 0.325 e. The van der Waals surface area contributed by atoms with Gasteiger partial charge in [-0.1, -0.05) is 17.7 Å². The Morgan fingerprint density at radius 1 is 1.58 bits per heavy atom. The predicted octanol–water partition coefficient (Wildman–Crippen LogP) is 2.71. The molecule has 0 aromatic heterocycles. The highest BCUT2D eigenvalue weighted by atomic mass is 35.5. The second-order valence-electron chi connectivity index (χ2n) is 5.95. The highest BCUT2D eigenvalue weighted by Crippen LogP contribution is 2.51. The molecular weight excluding hydrogens is 370 g/mol. The van der Waals surface area contributed by atoms with Gasteiger partial charge in [-0.2, -0.15) is 9.49 Å². The summed E-state index contributed by atoms with van der Waals surface area (Å²) >= 11 is 6.14. The van der Waals surface area contributed by atoms with Crippen LogP contribution in [-0.2, 0) is 15.0 Å². The second-order valence-corrected chi connectivity index (χ2v) is 6.35. The fourth-order valence-corrected chi connectivity index (χ4v) is 2.98. The van der Waals surface area contributed by atoms with Crippen LogP contribution < -0.4 is 5.48 Å². The zero-order valence-corrected chi connectivity index (χ0v) is 15.1. The van der Waals surface area contributed by atoms with Gasteiger partial charge >= 0.3 is 11.9 Å². The number of aliphatic imine (C=N–C) groups is 1. The lowest BCUT2D eigenvalue weighted by Gasteiger charge is -2.31. The first-order valence-corrected chi connectivity index (χ1v) is 8.06. The minimum Gasteiger partial charge on any atom is -0.480 e. The summed E-state index contributed by atoms with van der Waals surface area (Å²) in [6, 6.07) is 4.03. The van der Waals surface area contributed by atoms with Crippen LogP contribution in [-0.4, -0.2) is 48.2 Å². The number of nitrogens with zero attached hydrogens (tertiary/aromatic N) is 3. The van der Waals surface area contributed by atoms with Gasteiger partial charge in [0.05, 0.1) is 5.41 Å². The molecule has 0 radical (unpaired) electrons. The predicted molar refractivity (Wildman–Crippen MR) is 93.3 cm³/mol. The van der Waals surface area contributed by atoms with Crippen LogP contribution in [0, 0.1) is 5.82 Å². The normalized spacial score (nSPS) is 18.0. The number of hydroxylamine groups is 1. The summed E-state index contributed by atoms with van der Waals surface area (Å²) in [5.41, 5.74) is 2.44. The maximum absolute atomic E-state index is 14.7. The van der Waals surface area contributed by atoms with Crippen molar-refractivity contribution in [1.82, 2.24) is 10.5 Å². The molecule has 0 bridgehead atoms. The minimum atomic E-state index is -2.60. The average Bonchev–Trinajstić information content (AvgIpc) is 3.34. The summed E-state index contributed by atoms with van der Waals surface area (Å²) in [5.74, 6) is -4.08. The van der Waals surface area contributed by atoms with Crippen molar-refractivity contribution in [2.24, 2.45) is 10.1 Å². The van der Waals surface area contributed by atoms with Crippen LogP contribution in [0.2, 0.25) is 5.02 Å². The number of nitrogens with one attached hydrogen (secondary N) is 1. The van der Waals surface area contributed by atoms with E-state index in [0.717, 1.165) is 6.92 Å². The molecular formula is C16H19ClF2N4O3. The molecule has 0 saturated heterocycles. The number of benzene rings is 1. The van der Waals surface area contributed by atoms with E-state index in [1.807, 2.05) is 0 Å². The van der Waals surface area contributed by atoms with E-state index >= 15 is 0 Å². The molecule has 1 aromatic carbocycles. The highest BCUT2D eigenvalue weighted by molar-refractivity contribution is 6.32. The van der Waals surface area contributed by atoms with Crippen molar-refractivity contribution in [3.8, 4) is 0 Å². The van der Waals surface area contributed by atoms with Crippen LogP contribution in [0.25, 0.3) is 0 Å². The van der Waals surface area contributed by atoms with Crippen LogP contribution in [0.15, 0.2) is 28.3 Å². The quantitative estimate of drug-likeness (QED) is 0.235. The van der Waals surface area contributed by atoms with E-state index in [1.54, 1.807) is 6.07 Å². The van der Waals surface area contributed by atoms with Crippen molar-refractivity contribution in [3.05, 3.63) is 34.6 Å². The summed E-state index contributed by atoms with van der Waals surface area (Å²) in [6.07, 6.45) is 1.31. The monoisotopic (exact) mass is 388 g/mol. The summed E-state index contributed by atoms with van der Waals surface area (Å²) in [5, 5.41) is 12.9.